The summed E-state index contributed by atoms with van der Waals surface area (Å²) in [6, 6.07) is 4.69. The van der Waals surface area contributed by atoms with Gasteiger partial charge in [-0.3, -0.25) is 4.79 Å². The zero-order valence-corrected chi connectivity index (χ0v) is 11.4. The number of hydrogen-bond acceptors (Lipinski definition) is 2. The summed E-state index contributed by atoms with van der Waals surface area (Å²) >= 11 is 0. The van der Waals surface area contributed by atoms with E-state index < -0.39 is 11.7 Å². The zero-order chi connectivity index (χ0) is 15.5. The Hall–Kier alpha value is -1.82. The summed E-state index contributed by atoms with van der Waals surface area (Å²) in [7, 11) is 0. The third kappa shape index (κ3) is 4.32. The second-order valence-corrected chi connectivity index (χ2v) is 5.14. The summed E-state index contributed by atoms with van der Waals surface area (Å²) in [6.45, 7) is 1.19. The molecule has 0 bridgehead atoms. The minimum absolute atomic E-state index is 0.00201. The molecule has 1 aromatic rings. The Balaban J connectivity index is 1.99. The van der Waals surface area contributed by atoms with Crippen molar-refractivity contribution in [1.29, 1.82) is 0 Å². The van der Waals surface area contributed by atoms with Crippen LogP contribution in [0.2, 0.25) is 0 Å². The third-order valence-corrected chi connectivity index (χ3v) is 3.43. The van der Waals surface area contributed by atoms with E-state index in [-0.39, 0.29) is 11.9 Å². The average Bonchev–Trinajstić information content (AvgIpc) is 2.44. The minimum Gasteiger partial charge on any atom is -0.338 e. The van der Waals surface area contributed by atoms with Crippen molar-refractivity contribution in [2.75, 3.05) is 13.1 Å². The van der Waals surface area contributed by atoms with E-state index in [0.717, 1.165) is 25.0 Å². The summed E-state index contributed by atoms with van der Waals surface area (Å²) in [5, 5.41) is 0. The molecule has 2 rings (SSSR count). The quantitative estimate of drug-likeness (QED) is 0.853. The molecule has 1 aromatic carbocycles. The third-order valence-electron chi connectivity index (χ3n) is 3.43. The Morgan fingerprint density at radius 1 is 1.29 bits per heavy atom. The summed E-state index contributed by atoms with van der Waals surface area (Å²) in [5.74, 6) is -0.162. The predicted molar refractivity (Wildman–Crippen MR) is 74.3 cm³/mol. The minimum atomic E-state index is -4.35. The van der Waals surface area contributed by atoms with Crippen molar-refractivity contribution in [1.82, 2.24) is 4.90 Å². The van der Waals surface area contributed by atoms with Gasteiger partial charge in [0.25, 0.3) is 0 Å². The molecular formula is C15H17F3N2O. The maximum absolute atomic E-state index is 12.4. The van der Waals surface area contributed by atoms with E-state index in [0.29, 0.717) is 18.7 Å². The Morgan fingerprint density at radius 2 is 1.95 bits per heavy atom. The van der Waals surface area contributed by atoms with Crippen molar-refractivity contribution in [3.63, 3.8) is 0 Å². The lowest BCUT2D eigenvalue weighted by atomic mass is 10.1. The summed E-state index contributed by atoms with van der Waals surface area (Å²) in [6.07, 6.45) is 0.332. The van der Waals surface area contributed by atoms with Crippen LogP contribution in [0.1, 0.15) is 24.0 Å². The van der Waals surface area contributed by atoms with E-state index in [9.17, 15) is 18.0 Å². The number of halogens is 3. The van der Waals surface area contributed by atoms with Crippen LogP contribution in [-0.2, 0) is 11.0 Å². The lowest BCUT2D eigenvalue weighted by Crippen LogP contribution is -2.45. The Labute approximate surface area is 121 Å². The van der Waals surface area contributed by atoms with Crippen molar-refractivity contribution in [2.24, 2.45) is 5.73 Å². The number of carbonyl (C=O) groups excluding carboxylic acids is 1. The van der Waals surface area contributed by atoms with Crippen LogP contribution < -0.4 is 5.73 Å². The molecule has 0 radical (unpaired) electrons. The number of alkyl halides is 3. The first-order valence-electron chi connectivity index (χ1n) is 6.76. The van der Waals surface area contributed by atoms with Crippen LogP contribution in [0.15, 0.2) is 30.3 Å². The molecule has 3 nitrogen and oxygen atoms in total. The number of carbonyl (C=O) groups is 1. The van der Waals surface area contributed by atoms with Crippen molar-refractivity contribution < 1.29 is 18.0 Å². The van der Waals surface area contributed by atoms with Gasteiger partial charge in [-0.15, -0.1) is 0 Å². The van der Waals surface area contributed by atoms with E-state index in [1.54, 1.807) is 4.90 Å². The number of hydrogen-bond donors (Lipinski definition) is 1. The second-order valence-electron chi connectivity index (χ2n) is 5.14. The van der Waals surface area contributed by atoms with E-state index in [1.807, 2.05) is 0 Å². The molecule has 0 aromatic heterocycles. The van der Waals surface area contributed by atoms with Crippen LogP contribution >= 0.6 is 0 Å². The van der Waals surface area contributed by atoms with Crippen LogP contribution in [0.3, 0.4) is 0 Å². The van der Waals surface area contributed by atoms with Crippen molar-refractivity contribution in [2.45, 2.75) is 25.1 Å². The number of rotatable bonds is 2. The molecule has 0 aliphatic carbocycles. The molecule has 1 aliphatic heterocycles. The second kappa shape index (κ2) is 6.30. The van der Waals surface area contributed by atoms with E-state index in [2.05, 4.69) is 0 Å². The smallest absolute Gasteiger partial charge is 0.338 e. The summed E-state index contributed by atoms with van der Waals surface area (Å²) in [5.41, 5.74) is 5.66. The molecule has 2 N–H and O–H groups in total. The molecule has 114 valence electrons. The maximum atomic E-state index is 12.4. The fourth-order valence-electron chi connectivity index (χ4n) is 2.27. The summed E-state index contributed by atoms with van der Waals surface area (Å²) in [4.78, 5) is 13.6. The highest BCUT2D eigenvalue weighted by Gasteiger charge is 2.29. The van der Waals surface area contributed by atoms with E-state index >= 15 is 0 Å². The van der Waals surface area contributed by atoms with E-state index in [1.165, 1.54) is 24.3 Å². The van der Waals surface area contributed by atoms with E-state index in [4.69, 9.17) is 5.73 Å². The van der Waals surface area contributed by atoms with Gasteiger partial charge < -0.3 is 10.6 Å². The molecule has 0 spiro atoms. The lowest BCUT2D eigenvalue weighted by Gasteiger charge is -2.29. The molecule has 6 heteroatoms. The van der Waals surface area contributed by atoms with Gasteiger partial charge in [-0.2, -0.15) is 13.2 Å². The number of amides is 1. The number of nitrogens with zero attached hydrogens (tertiary/aromatic N) is 1. The van der Waals surface area contributed by atoms with Crippen molar-refractivity contribution >= 4 is 12.0 Å². The Morgan fingerprint density at radius 3 is 2.52 bits per heavy atom. The first-order chi connectivity index (χ1) is 9.86. The van der Waals surface area contributed by atoms with Gasteiger partial charge in [-0.1, -0.05) is 12.1 Å². The fraction of sp³-hybridized carbons (Fsp3) is 0.400. The van der Waals surface area contributed by atoms with Gasteiger partial charge in [0.05, 0.1) is 5.56 Å². The molecule has 0 saturated carbocycles. The van der Waals surface area contributed by atoms with Crippen LogP contribution in [-0.4, -0.2) is 29.9 Å². The largest absolute Gasteiger partial charge is 0.416 e. The molecule has 1 fully saturated rings. The Kier molecular flexibility index (Phi) is 4.67. The average molecular weight is 298 g/mol. The monoisotopic (exact) mass is 298 g/mol. The lowest BCUT2D eigenvalue weighted by molar-refractivity contribution is -0.137. The molecule has 1 unspecified atom stereocenters. The molecule has 1 amide bonds. The first kappa shape index (κ1) is 15.6. The van der Waals surface area contributed by atoms with Gasteiger partial charge in [0.15, 0.2) is 0 Å². The number of nitrogens with two attached hydrogens (primary N) is 1. The molecule has 1 aliphatic rings. The number of benzene rings is 1. The van der Waals surface area contributed by atoms with Crippen LogP contribution in [0.4, 0.5) is 13.2 Å². The fourth-order valence-corrected chi connectivity index (χ4v) is 2.27. The SMILES string of the molecule is NC1CCCN(C(=O)/C=C/c2ccc(C(F)(F)F)cc2)C1. The standard InChI is InChI=1S/C15H17F3N2O/c16-15(17,18)12-6-3-11(4-7-12)5-8-14(21)20-9-1-2-13(19)10-20/h3-8,13H,1-2,9-10,19H2/b8-5+. The molecular weight excluding hydrogens is 281 g/mol. The maximum Gasteiger partial charge on any atom is 0.416 e. The molecule has 21 heavy (non-hydrogen) atoms. The zero-order valence-electron chi connectivity index (χ0n) is 11.4. The highest BCUT2D eigenvalue weighted by atomic mass is 19.4. The number of piperidine rings is 1. The van der Waals surface area contributed by atoms with Gasteiger partial charge >= 0.3 is 6.18 Å². The normalized spacial score (nSPS) is 20.0. The topological polar surface area (TPSA) is 46.3 Å². The van der Waals surface area contributed by atoms with Gasteiger partial charge in [0, 0.05) is 25.2 Å². The highest BCUT2D eigenvalue weighted by molar-refractivity contribution is 5.91. The Bertz CT molecular complexity index is 523. The molecule has 1 atom stereocenters. The van der Waals surface area contributed by atoms with Gasteiger partial charge in [-0.25, -0.2) is 0 Å². The summed E-state index contributed by atoms with van der Waals surface area (Å²) < 4.78 is 37.3. The first-order valence-corrected chi connectivity index (χ1v) is 6.76. The van der Waals surface area contributed by atoms with Crippen LogP contribution in [0.25, 0.3) is 6.08 Å². The van der Waals surface area contributed by atoms with Crippen LogP contribution in [0.5, 0.6) is 0 Å². The number of likely N-dealkylation sites (tertiary alicyclic amines) is 1. The molecule has 1 heterocycles. The molecule has 1 saturated heterocycles. The van der Waals surface area contributed by atoms with Crippen molar-refractivity contribution in [3.05, 3.63) is 41.5 Å². The van der Waals surface area contributed by atoms with Crippen LogP contribution in [0, 0.1) is 0 Å². The van der Waals surface area contributed by atoms with Crippen molar-refractivity contribution in [3.8, 4) is 0 Å². The highest BCUT2D eigenvalue weighted by Crippen LogP contribution is 2.29. The predicted octanol–water partition coefficient (Wildman–Crippen LogP) is 2.67. The van der Waals surface area contributed by atoms with Gasteiger partial charge in [0.1, 0.15) is 0 Å². The van der Waals surface area contributed by atoms with Gasteiger partial charge in [-0.05, 0) is 36.6 Å². The van der Waals surface area contributed by atoms with Gasteiger partial charge in [0.2, 0.25) is 5.91 Å².